The molecule has 0 bridgehead atoms. The van der Waals surface area contributed by atoms with Crippen molar-refractivity contribution in [2.24, 2.45) is 4.99 Å². The third-order valence-corrected chi connectivity index (χ3v) is 5.24. The number of ether oxygens (including phenoxy) is 1. The van der Waals surface area contributed by atoms with E-state index in [0.29, 0.717) is 13.2 Å². The number of fused-ring (bicyclic) bond motifs is 1. The van der Waals surface area contributed by atoms with E-state index in [4.69, 9.17) is 4.74 Å². The van der Waals surface area contributed by atoms with E-state index < -0.39 is 0 Å². The summed E-state index contributed by atoms with van der Waals surface area (Å²) in [6, 6.07) is 10.7. The summed E-state index contributed by atoms with van der Waals surface area (Å²) in [5, 5.41) is 12.7. The Morgan fingerprint density at radius 3 is 2.76 bits per heavy atom. The van der Waals surface area contributed by atoms with Gasteiger partial charge in [-0.05, 0) is 37.8 Å². The van der Waals surface area contributed by atoms with Gasteiger partial charge in [0.25, 0.3) is 0 Å². The number of rotatable bonds is 9. The molecular formula is C22H32N6O. The highest BCUT2D eigenvalue weighted by Gasteiger charge is 2.11. The first-order valence-corrected chi connectivity index (χ1v) is 10.1. The molecule has 0 saturated carbocycles. The van der Waals surface area contributed by atoms with Gasteiger partial charge >= 0.3 is 0 Å². The summed E-state index contributed by atoms with van der Waals surface area (Å²) >= 11 is 0. The van der Waals surface area contributed by atoms with E-state index in [-0.39, 0.29) is 0 Å². The van der Waals surface area contributed by atoms with Crippen molar-refractivity contribution in [2.45, 2.75) is 39.9 Å². The van der Waals surface area contributed by atoms with E-state index in [1.165, 1.54) is 22.2 Å². The molecule has 0 spiro atoms. The maximum absolute atomic E-state index is 5.16. The van der Waals surface area contributed by atoms with E-state index in [1.807, 2.05) is 11.6 Å². The number of benzene rings is 1. The third-order valence-electron chi connectivity index (χ3n) is 5.24. The third kappa shape index (κ3) is 5.17. The molecule has 0 amide bonds. The average Bonchev–Trinajstić information content (AvgIpc) is 3.26. The Hall–Kier alpha value is -2.80. The molecule has 7 nitrogen and oxygen atoms in total. The van der Waals surface area contributed by atoms with Crippen molar-refractivity contribution < 1.29 is 4.74 Å². The lowest BCUT2D eigenvalue weighted by Crippen LogP contribution is -2.37. The van der Waals surface area contributed by atoms with Crippen LogP contribution in [0, 0.1) is 13.8 Å². The van der Waals surface area contributed by atoms with Crippen LogP contribution in [0.15, 0.2) is 41.5 Å². The fraction of sp³-hybridized carbons (Fsp3) is 0.455. The molecule has 0 radical (unpaired) electrons. The first-order chi connectivity index (χ1) is 14.1. The smallest absolute Gasteiger partial charge is 0.191 e. The lowest BCUT2D eigenvalue weighted by Gasteiger charge is -2.13. The molecule has 0 aliphatic rings. The van der Waals surface area contributed by atoms with Gasteiger partial charge in [-0.3, -0.25) is 9.67 Å². The molecule has 3 aromatic rings. The number of hydrogen-bond acceptors (Lipinski definition) is 3. The monoisotopic (exact) mass is 396 g/mol. The predicted molar refractivity (Wildman–Crippen MR) is 118 cm³/mol. The quantitative estimate of drug-likeness (QED) is 0.332. The highest BCUT2D eigenvalue weighted by atomic mass is 16.5. The molecule has 29 heavy (non-hydrogen) atoms. The summed E-state index contributed by atoms with van der Waals surface area (Å²) in [5.41, 5.74) is 4.71. The lowest BCUT2D eigenvalue weighted by molar-refractivity contribution is 0.182. The Kier molecular flexibility index (Phi) is 7.30. The van der Waals surface area contributed by atoms with Gasteiger partial charge in [-0.2, -0.15) is 5.10 Å². The van der Waals surface area contributed by atoms with Crippen molar-refractivity contribution in [3.63, 3.8) is 0 Å². The van der Waals surface area contributed by atoms with Gasteiger partial charge in [-0.1, -0.05) is 18.2 Å². The van der Waals surface area contributed by atoms with Gasteiger partial charge in [-0.25, -0.2) is 0 Å². The highest BCUT2D eigenvalue weighted by Crippen LogP contribution is 2.15. The van der Waals surface area contributed by atoms with Gasteiger partial charge in [0.15, 0.2) is 5.96 Å². The Labute approximate surface area is 172 Å². The highest BCUT2D eigenvalue weighted by molar-refractivity contribution is 5.80. The van der Waals surface area contributed by atoms with Crippen LogP contribution in [0.4, 0.5) is 0 Å². The molecule has 0 aliphatic carbocycles. The second-order valence-electron chi connectivity index (χ2n) is 7.14. The van der Waals surface area contributed by atoms with Gasteiger partial charge < -0.3 is 19.9 Å². The van der Waals surface area contributed by atoms with E-state index >= 15 is 0 Å². The summed E-state index contributed by atoms with van der Waals surface area (Å²) in [6.45, 7) is 8.11. The van der Waals surface area contributed by atoms with E-state index in [1.54, 1.807) is 14.2 Å². The van der Waals surface area contributed by atoms with Crippen molar-refractivity contribution in [2.75, 3.05) is 27.3 Å². The summed E-state index contributed by atoms with van der Waals surface area (Å²) in [6.07, 6.45) is 3.18. The number of aryl methyl sites for hydroxylation is 2. The summed E-state index contributed by atoms with van der Waals surface area (Å²) in [4.78, 5) is 4.34. The number of nitrogens with zero attached hydrogens (tertiary/aromatic N) is 4. The van der Waals surface area contributed by atoms with Gasteiger partial charge in [0.2, 0.25) is 0 Å². The molecule has 0 atom stereocenters. The lowest BCUT2D eigenvalue weighted by atomic mass is 10.2. The van der Waals surface area contributed by atoms with Crippen molar-refractivity contribution in [3.8, 4) is 0 Å². The van der Waals surface area contributed by atoms with Crippen molar-refractivity contribution in [1.29, 1.82) is 0 Å². The average molecular weight is 397 g/mol. The number of hydrogen-bond donors (Lipinski definition) is 2. The Balaban J connectivity index is 1.47. The van der Waals surface area contributed by atoms with Gasteiger partial charge in [-0.15, -0.1) is 0 Å². The fourth-order valence-electron chi connectivity index (χ4n) is 3.57. The molecule has 156 valence electrons. The van der Waals surface area contributed by atoms with Gasteiger partial charge in [0, 0.05) is 56.8 Å². The van der Waals surface area contributed by atoms with E-state index in [2.05, 4.69) is 68.7 Å². The van der Waals surface area contributed by atoms with E-state index in [9.17, 15) is 0 Å². The second-order valence-corrected chi connectivity index (χ2v) is 7.14. The Morgan fingerprint density at radius 1 is 1.14 bits per heavy atom. The van der Waals surface area contributed by atoms with Gasteiger partial charge in [0.05, 0.1) is 18.8 Å². The van der Waals surface area contributed by atoms with Crippen LogP contribution in [0.5, 0.6) is 0 Å². The molecule has 1 aromatic carbocycles. The SMILES string of the molecule is CN=C(NCCCn1ccc2ccccc21)NCc1c(C)nn(CCOC)c1C. The van der Waals surface area contributed by atoms with Crippen LogP contribution >= 0.6 is 0 Å². The van der Waals surface area contributed by atoms with Crippen LogP contribution in [-0.2, 0) is 24.4 Å². The second kappa shape index (κ2) is 10.1. The zero-order valence-corrected chi connectivity index (χ0v) is 17.9. The topological polar surface area (TPSA) is 68.4 Å². The Morgan fingerprint density at radius 2 is 1.97 bits per heavy atom. The van der Waals surface area contributed by atoms with Crippen LogP contribution in [0.2, 0.25) is 0 Å². The van der Waals surface area contributed by atoms with Crippen LogP contribution in [-0.4, -0.2) is 47.6 Å². The summed E-state index contributed by atoms with van der Waals surface area (Å²) in [5.74, 6) is 0.811. The zero-order valence-electron chi connectivity index (χ0n) is 17.9. The standard InChI is InChI=1S/C22H32N6O/c1-17-20(18(2)28(26-17)14-15-29-4)16-25-22(23-3)24-11-7-12-27-13-10-19-8-5-6-9-21(19)27/h5-6,8-10,13H,7,11-12,14-16H2,1-4H3,(H2,23,24,25). The number of nitrogens with one attached hydrogen (secondary N) is 2. The summed E-state index contributed by atoms with van der Waals surface area (Å²) < 4.78 is 9.47. The minimum Gasteiger partial charge on any atom is -0.383 e. The fourth-order valence-corrected chi connectivity index (χ4v) is 3.57. The van der Waals surface area contributed by atoms with Crippen LogP contribution < -0.4 is 10.6 Å². The van der Waals surface area contributed by atoms with Crippen LogP contribution in [0.1, 0.15) is 23.4 Å². The van der Waals surface area contributed by atoms with Crippen LogP contribution in [0.3, 0.4) is 0 Å². The molecule has 0 fully saturated rings. The maximum Gasteiger partial charge on any atom is 0.191 e. The number of methoxy groups -OCH3 is 1. The zero-order chi connectivity index (χ0) is 20.6. The number of guanidine groups is 1. The molecule has 2 heterocycles. The molecular weight excluding hydrogens is 364 g/mol. The maximum atomic E-state index is 5.16. The van der Waals surface area contributed by atoms with Crippen molar-refractivity contribution in [3.05, 3.63) is 53.5 Å². The number of para-hydroxylation sites is 1. The molecule has 0 saturated heterocycles. The molecule has 0 aliphatic heterocycles. The molecule has 2 N–H and O–H groups in total. The number of aromatic nitrogens is 3. The molecule has 2 aromatic heterocycles. The number of aliphatic imine (C=N–C) groups is 1. The van der Waals surface area contributed by atoms with Crippen molar-refractivity contribution in [1.82, 2.24) is 25.0 Å². The van der Waals surface area contributed by atoms with Gasteiger partial charge in [0.1, 0.15) is 0 Å². The van der Waals surface area contributed by atoms with Crippen LogP contribution in [0.25, 0.3) is 10.9 Å². The predicted octanol–water partition coefficient (Wildman–Crippen LogP) is 2.86. The molecule has 0 unspecified atom stereocenters. The molecule has 7 heteroatoms. The molecule has 3 rings (SSSR count). The minimum atomic E-state index is 0.661. The normalized spacial score (nSPS) is 11.9. The van der Waals surface area contributed by atoms with E-state index in [0.717, 1.165) is 37.7 Å². The first-order valence-electron chi connectivity index (χ1n) is 10.1. The largest absolute Gasteiger partial charge is 0.383 e. The van der Waals surface area contributed by atoms with Crippen molar-refractivity contribution >= 4 is 16.9 Å². The summed E-state index contributed by atoms with van der Waals surface area (Å²) in [7, 11) is 3.51. The minimum absolute atomic E-state index is 0.661. The first kappa shape index (κ1) is 20.9. The Bertz CT molecular complexity index is 956.